The first kappa shape index (κ1) is 23.3. The van der Waals surface area contributed by atoms with E-state index >= 15 is 0 Å². The third-order valence-corrected chi connectivity index (χ3v) is 7.53. The van der Waals surface area contributed by atoms with Gasteiger partial charge < -0.3 is 10.0 Å². The van der Waals surface area contributed by atoms with Crippen LogP contribution in [-0.2, 0) is 12.8 Å². The van der Waals surface area contributed by atoms with Gasteiger partial charge in [0.05, 0.1) is 6.04 Å². The van der Waals surface area contributed by atoms with Gasteiger partial charge in [-0.15, -0.1) is 0 Å². The van der Waals surface area contributed by atoms with Crippen molar-refractivity contribution >= 4 is 5.91 Å². The van der Waals surface area contributed by atoms with Crippen molar-refractivity contribution in [3.63, 3.8) is 0 Å². The highest BCUT2D eigenvalue weighted by Crippen LogP contribution is 2.34. The molecule has 1 aliphatic carbocycles. The molecule has 2 atom stereocenters. The molecular formula is C29H33N3O3. The molecule has 1 aliphatic heterocycles. The van der Waals surface area contributed by atoms with Gasteiger partial charge in [0.25, 0.3) is 11.5 Å². The average molecular weight is 472 g/mol. The number of hydrogen-bond donors (Lipinski definition) is 1. The first-order valence-corrected chi connectivity index (χ1v) is 12.8. The van der Waals surface area contributed by atoms with Crippen molar-refractivity contribution < 1.29 is 9.90 Å². The number of fused-ring (bicyclic) bond motifs is 1. The van der Waals surface area contributed by atoms with Crippen molar-refractivity contribution in [2.24, 2.45) is 0 Å². The molecule has 1 amide bonds. The Balaban J connectivity index is 1.53. The maximum atomic E-state index is 13.9. The molecule has 5 rings (SSSR count). The fourth-order valence-electron chi connectivity index (χ4n) is 5.68. The summed E-state index contributed by atoms with van der Waals surface area (Å²) in [5.74, 6) is -0.0596. The van der Waals surface area contributed by atoms with Crippen molar-refractivity contribution in [1.29, 1.82) is 0 Å². The zero-order chi connectivity index (χ0) is 24.4. The molecule has 1 aromatic heterocycles. The van der Waals surface area contributed by atoms with Gasteiger partial charge in [0.1, 0.15) is 5.82 Å². The summed E-state index contributed by atoms with van der Waals surface area (Å²) in [4.78, 5) is 33.7. The van der Waals surface area contributed by atoms with Gasteiger partial charge in [0, 0.05) is 25.4 Å². The number of carbonyl (C=O) groups is 1. The van der Waals surface area contributed by atoms with E-state index in [0.29, 0.717) is 25.3 Å². The molecular weight excluding hydrogens is 438 g/mol. The summed E-state index contributed by atoms with van der Waals surface area (Å²) in [7, 11) is 0. The highest BCUT2D eigenvalue weighted by atomic mass is 16.3. The van der Waals surface area contributed by atoms with Crippen LogP contribution in [0.2, 0.25) is 0 Å². The predicted molar refractivity (Wildman–Crippen MR) is 136 cm³/mol. The number of amides is 1. The van der Waals surface area contributed by atoms with Crippen LogP contribution in [0.3, 0.4) is 0 Å². The van der Waals surface area contributed by atoms with E-state index in [9.17, 15) is 14.7 Å². The minimum Gasteiger partial charge on any atom is -0.493 e. The lowest BCUT2D eigenvalue weighted by Gasteiger charge is -2.29. The van der Waals surface area contributed by atoms with Crippen LogP contribution >= 0.6 is 0 Å². The quantitative estimate of drug-likeness (QED) is 0.558. The minimum absolute atomic E-state index is 0.172. The smallest absolute Gasteiger partial charge is 0.270 e. The molecule has 0 bridgehead atoms. The van der Waals surface area contributed by atoms with Crippen LogP contribution in [0.4, 0.5) is 0 Å². The molecule has 1 unspecified atom stereocenters. The molecule has 2 aromatic carbocycles. The second-order valence-corrected chi connectivity index (χ2v) is 9.76. The zero-order valence-electron chi connectivity index (χ0n) is 20.3. The summed E-state index contributed by atoms with van der Waals surface area (Å²) in [5.41, 5.74) is 2.94. The lowest BCUT2D eigenvalue weighted by molar-refractivity contribution is 0.0783. The molecule has 1 fully saturated rings. The number of aryl methyl sites for hydroxylation is 2. The molecule has 35 heavy (non-hydrogen) atoms. The fraction of sp³-hybridized carbons (Fsp3) is 0.414. The number of carbonyl (C=O) groups excluding carboxylic acids is 1. The Kier molecular flexibility index (Phi) is 6.71. The number of hydrogen-bond acceptors (Lipinski definition) is 4. The topological polar surface area (TPSA) is 75.4 Å². The average Bonchev–Trinajstić information content (AvgIpc) is 3.38. The Morgan fingerprint density at radius 2 is 1.86 bits per heavy atom. The second-order valence-electron chi connectivity index (χ2n) is 9.76. The largest absolute Gasteiger partial charge is 0.493 e. The van der Waals surface area contributed by atoms with E-state index in [1.807, 2.05) is 30.3 Å². The molecule has 2 heterocycles. The van der Waals surface area contributed by atoms with Gasteiger partial charge in [-0.3, -0.25) is 14.2 Å². The lowest BCUT2D eigenvalue weighted by atomic mass is 9.87. The molecule has 3 aromatic rings. The van der Waals surface area contributed by atoms with Crippen molar-refractivity contribution in [2.75, 3.05) is 13.1 Å². The SMILES string of the molecule is CCCCc1nc(O)c(C(=O)N2CC[C@@H](c3ccccc3)C2)c(=O)n1C1CCCc2ccccc21. The van der Waals surface area contributed by atoms with E-state index in [1.54, 1.807) is 9.47 Å². The maximum Gasteiger partial charge on any atom is 0.270 e. The van der Waals surface area contributed by atoms with Crippen molar-refractivity contribution in [1.82, 2.24) is 14.5 Å². The van der Waals surface area contributed by atoms with Crippen molar-refractivity contribution in [2.45, 2.75) is 63.8 Å². The molecule has 6 heteroatoms. The van der Waals surface area contributed by atoms with Crippen LogP contribution in [0.5, 0.6) is 5.88 Å². The number of benzene rings is 2. The molecule has 0 spiro atoms. The number of aromatic hydroxyl groups is 1. The predicted octanol–water partition coefficient (Wildman–Crippen LogP) is 4.85. The van der Waals surface area contributed by atoms with Crippen molar-refractivity contribution in [3.05, 3.63) is 93.0 Å². The summed E-state index contributed by atoms with van der Waals surface area (Å²) >= 11 is 0. The van der Waals surface area contributed by atoms with Crippen LogP contribution in [0.25, 0.3) is 0 Å². The Morgan fingerprint density at radius 3 is 2.66 bits per heavy atom. The molecule has 6 nitrogen and oxygen atoms in total. The van der Waals surface area contributed by atoms with Gasteiger partial charge in [-0.25, -0.2) is 0 Å². The number of rotatable bonds is 6. The van der Waals surface area contributed by atoms with Gasteiger partial charge in [0.15, 0.2) is 5.56 Å². The highest BCUT2D eigenvalue weighted by molar-refractivity contribution is 5.96. The third kappa shape index (κ3) is 4.49. The monoisotopic (exact) mass is 471 g/mol. The maximum absolute atomic E-state index is 13.9. The minimum atomic E-state index is -0.436. The van der Waals surface area contributed by atoms with Gasteiger partial charge in [-0.2, -0.15) is 4.98 Å². The standard InChI is InChI=1S/C29H33N3O3/c1-2-3-16-25-30-27(33)26(28(34)31-18-17-22(19-31)20-10-5-4-6-11-20)29(35)32(25)24-15-9-13-21-12-7-8-14-23(21)24/h4-8,10-12,14,22,24,33H,2-3,9,13,15-19H2,1H3/t22-,24?/m1/s1. The Bertz CT molecular complexity index is 1270. The van der Waals surface area contributed by atoms with E-state index in [1.165, 1.54) is 11.1 Å². The van der Waals surface area contributed by atoms with Crippen LogP contribution in [0, 0.1) is 0 Å². The molecule has 2 aliphatic rings. The summed E-state index contributed by atoms with van der Waals surface area (Å²) < 4.78 is 1.71. The Labute approximate surface area is 206 Å². The number of unbranched alkanes of at least 4 members (excludes halogenated alkanes) is 1. The van der Waals surface area contributed by atoms with E-state index < -0.39 is 17.3 Å². The summed E-state index contributed by atoms with van der Waals surface area (Å²) in [5, 5.41) is 10.8. The number of aromatic nitrogens is 2. The van der Waals surface area contributed by atoms with Crippen LogP contribution < -0.4 is 5.56 Å². The zero-order valence-corrected chi connectivity index (χ0v) is 20.3. The third-order valence-electron chi connectivity index (χ3n) is 7.53. The van der Waals surface area contributed by atoms with E-state index in [4.69, 9.17) is 0 Å². The molecule has 1 saturated heterocycles. The molecule has 0 saturated carbocycles. The van der Waals surface area contributed by atoms with Crippen LogP contribution in [0.15, 0.2) is 59.4 Å². The van der Waals surface area contributed by atoms with Gasteiger partial charge in [-0.05, 0) is 48.8 Å². The van der Waals surface area contributed by atoms with Crippen LogP contribution in [0.1, 0.15) is 83.9 Å². The van der Waals surface area contributed by atoms with E-state index in [0.717, 1.165) is 44.1 Å². The number of likely N-dealkylation sites (tertiary alicyclic amines) is 1. The van der Waals surface area contributed by atoms with Crippen LogP contribution in [-0.4, -0.2) is 38.6 Å². The number of nitrogens with zero attached hydrogens (tertiary/aromatic N) is 3. The lowest BCUT2D eigenvalue weighted by Crippen LogP contribution is -2.39. The van der Waals surface area contributed by atoms with E-state index in [2.05, 4.69) is 36.2 Å². The fourth-order valence-corrected chi connectivity index (χ4v) is 5.68. The summed E-state index contributed by atoms with van der Waals surface area (Å²) in [6.07, 6.45) is 6.00. The van der Waals surface area contributed by atoms with Crippen molar-refractivity contribution in [3.8, 4) is 5.88 Å². The Hall–Kier alpha value is -3.41. The highest BCUT2D eigenvalue weighted by Gasteiger charge is 2.34. The molecule has 0 radical (unpaired) electrons. The first-order chi connectivity index (χ1) is 17.1. The Morgan fingerprint density at radius 1 is 1.09 bits per heavy atom. The molecule has 1 N–H and O–H groups in total. The first-order valence-electron chi connectivity index (χ1n) is 12.8. The molecule has 182 valence electrons. The van der Waals surface area contributed by atoms with Gasteiger partial charge in [0.2, 0.25) is 5.88 Å². The second kappa shape index (κ2) is 10.1. The van der Waals surface area contributed by atoms with E-state index in [-0.39, 0.29) is 17.5 Å². The normalized spacial score (nSPS) is 19.5. The van der Waals surface area contributed by atoms with Gasteiger partial charge >= 0.3 is 0 Å². The summed E-state index contributed by atoms with van der Waals surface area (Å²) in [6.45, 7) is 3.18. The van der Waals surface area contributed by atoms with Gasteiger partial charge in [-0.1, -0.05) is 67.9 Å². The summed E-state index contributed by atoms with van der Waals surface area (Å²) in [6, 6.07) is 18.2.